The third kappa shape index (κ3) is 2.98. The van der Waals surface area contributed by atoms with Crippen LogP contribution in [-0.2, 0) is 10.2 Å². The van der Waals surface area contributed by atoms with E-state index in [0.717, 1.165) is 31.5 Å². The van der Waals surface area contributed by atoms with Crippen LogP contribution < -0.4 is 5.32 Å². The molecule has 2 rings (SSSR count). The normalized spacial score (nSPS) is 20.4. The molecule has 0 saturated carbocycles. The van der Waals surface area contributed by atoms with E-state index in [2.05, 4.69) is 5.32 Å². The number of rotatable bonds is 3. The Labute approximate surface area is 116 Å². The highest BCUT2D eigenvalue weighted by molar-refractivity contribution is 5.87. The maximum atomic E-state index is 12.8. The highest BCUT2D eigenvalue weighted by atomic mass is 16.2. The molecule has 1 aliphatic heterocycles. The number of hydrogen-bond acceptors (Lipinski definition) is 2. The molecule has 1 heterocycles. The van der Waals surface area contributed by atoms with Gasteiger partial charge in [-0.15, -0.1) is 0 Å². The zero-order valence-corrected chi connectivity index (χ0v) is 12.1. The van der Waals surface area contributed by atoms with E-state index in [4.69, 9.17) is 0 Å². The number of likely N-dealkylation sites (tertiary alicyclic amines) is 1. The van der Waals surface area contributed by atoms with E-state index in [0.29, 0.717) is 6.04 Å². The van der Waals surface area contributed by atoms with Crippen molar-refractivity contribution in [2.75, 3.05) is 20.1 Å². The third-order valence-electron chi connectivity index (χ3n) is 4.15. The lowest BCUT2D eigenvalue weighted by Crippen LogP contribution is -2.51. The van der Waals surface area contributed by atoms with Gasteiger partial charge in [-0.1, -0.05) is 30.3 Å². The first-order chi connectivity index (χ1) is 9.05. The van der Waals surface area contributed by atoms with Crippen LogP contribution >= 0.6 is 0 Å². The van der Waals surface area contributed by atoms with Crippen LogP contribution in [0.1, 0.15) is 32.3 Å². The summed E-state index contributed by atoms with van der Waals surface area (Å²) in [5, 5.41) is 3.29. The van der Waals surface area contributed by atoms with Crippen LogP contribution in [0.5, 0.6) is 0 Å². The lowest BCUT2D eigenvalue weighted by molar-refractivity contribution is -0.137. The Kier molecular flexibility index (Phi) is 4.25. The molecule has 3 nitrogen and oxygen atoms in total. The fraction of sp³-hybridized carbons (Fsp3) is 0.562. The standard InChI is InChI=1S/C16H24N2O/c1-16(2,13-8-5-4-6-9-13)15(19)18-11-7-10-14(12-18)17-3/h4-6,8-9,14,17H,7,10-12H2,1-3H3. The summed E-state index contributed by atoms with van der Waals surface area (Å²) in [5.41, 5.74) is 0.642. The Morgan fingerprint density at radius 1 is 1.32 bits per heavy atom. The minimum atomic E-state index is -0.448. The highest BCUT2D eigenvalue weighted by Gasteiger charge is 2.35. The van der Waals surface area contributed by atoms with Crippen molar-refractivity contribution in [1.29, 1.82) is 0 Å². The van der Waals surface area contributed by atoms with E-state index >= 15 is 0 Å². The average Bonchev–Trinajstić information content (AvgIpc) is 2.47. The Bertz CT molecular complexity index is 428. The van der Waals surface area contributed by atoms with Crippen molar-refractivity contribution in [2.24, 2.45) is 0 Å². The highest BCUT2D eigenvalue weighted by Crippen LogP contribution is 2.27. The SMILES string of the molecule is CNC1CCCN(C(=O)C(C)(C)c2ccccc2)C1. The molecule has 0 radical (unpaired) electrons. The van der Waals surface area contributed by atoms with Gasteiger partial charge in [0.05, 0.1) is 5.41 Å². The fourth-order valence-electron chi connectivity index (χ4n) is 2.77. The van der Waals surface area contributed by atoms with Crippen LogP contribution in [0.25, 0.3) is 0 Å². The molecule has 0 bridgehead atoms. The van der Waals surface area contributed by atoms with Crippen molar-refractivity contribution in [1.82, 2.24) is 10.2 Å². The predicted octanol–water partition coefficient (Wildman–Crippen LogP) is 2.17. The van der Waals surface area contributed by atoms with Gasteiger partial charge in [-0.25, -0.2) is 0 Å². The van der Waals surface area contributed by atoms with Gasteiger partial charge in [0.2, 0.25) is 5.91 Å². The summed E-state index contributed by atoms with van der Waals surface area (Å²) in [4.78, 5) is 14.8. The maximum absolute atomic E-state index is 12.8. The number of benzene rings is 1. The fourth-order valence-corrected chi connectivity index (χ4v) is 2.77. The second kappa shape index (κ2) is 5.74. The lowest BCUT2D eigenvalue weighted by Gasteiger charge is -2.37. The average molecular weight is 260 g/mol. The molecule has 104 valence electrons. The molecule has 0 spiro atoms. The van der Waals surface area contributed by atoms with Crippen LogP contribution in [0.4, 0.5) is 0 Å². The zero-order valence-electron chi connectivity index (χ0n) is 12.1. The molecule has 19 heavy (non-hydrogen) atoms. The van der Waals surface area contributed by atoms with Crippen molar-refractivity contribution in [2.45, 2.75) is 38.1 Å². The van der Waals surface area contributed by atoms with E-state index in [1.165, 1.54) is 0 Å². The minimum Gasteiger partial charge on any atom is -0.340 e. The van der Waals surface area contributed by atoms with Gasteiger partial charge < -0.3 is 10.2 Å². The summed E-state index contributed by atoms with van der Waals surface area (Å²) in [5.74, 6) is 0.235. The van der Waals surface area contributed by atoms with Crippen molar-refractivity contribution < 1.29 is 4.79 Å². The molecular formula is C16H24N2O. The van der Waals surface area contributed by atoms with Crippen molar-refractivity contribution in [3.63, 3.8) is 0 Å². The summed E-state index contributed by atoms with van der Waals surface area (Å²) in [6.45, 7) is 5.75. The molecule has 3 heteroatoms. The van der Waals surface area contributed by atoms with E-state index in [-0.39, 0.29) is 5.91 Å². The van der Waals surface area contributed by atoms with Gasteiger partial charge in [0, 0.05) is 19.1 Å². The van der Waals surface area contributed by atoms with E-state index < -0.39 is 5.41 Å². The van der Waals surface area contributed by atoms with Gasteiger partial charge in [-0.2, -0.15) is 0 Å². The van der Waals surface area contributed by atoms with Gasteiger partial charge in [0.25, 0.3) is 0 Å². The van der Waals surface area contributed by atoms with Crippen molar-refractivity contribution in [3.8, 4) is 0 Å². The number of nitrogens with zero attached hydrogens (tertiary/aromatic N) is 1. The van der Waals surface area contributed by atoms with Gasteiger partial charge in [0.1, 0.15) is 0 Å². The number of hydrogen-bond donors (Lipinski definition) is 1. The molecule has 1 aromatic rings. The van der Waals surface area contributed by atoms with Gasteiger partial charge >= 0.3 is 0 Å². The molecule has 0 aromatic heterocycles. The lowest BCUT2D eigenvalue weighted by atomic mass is 9.82. The Hall–Kier alpha value is -1.35. The number of nitrogens with one attached hydrogen (secondary N) is 1. The van der Waals surface area contributed by atoms with Crippen LogP contribution in [-0.4, -0.2) is 37.0 Å². The molecular weight excluding hydrogens is 236 g/mol. The number of carbonyl (C=O) groups is 1. The molecule has 1 saturated heterocycles. The quantitative estimate of drug-likeness (QED) is 0.903. The van der Waals surface area contributed by atoms with E-state index in [9.17, 15) is 4.79 Å². The summed E-state index contributed by atoms with van der Waals surface area (Å²) in [6, 6.07) is 10.5. The number of amides is 1. The molecule has 1 atom stereocenters. The van der Waals surface area contributed by atoms with Crippen molar-refractivity contribution >= 4 is 5.91 Å². The predicted molar refractivity (Wildman–Crippen MR) is 78.1 cm³/mol. The Morgan fingerprint density at radius 2 is 2.00 bits per heavy atom. The third-order valence-corrected chi connectivity index (χ3v) is 4.15. The van der Waals surface area contributed by atoms with Crippen LogP contribution in [0.2, 0.25) is 0 Å². The van der Waals surface area contributed by atoms with E-state index in [1.807, 2.05) is 56.1 Å². The van der Waals surface area contributed by atoms with Gasteiger partial charge in [-0.05, 0) is 39.3 Å². The molecule has 1 N–H and O–H groups in total. The van der Waals surface area contributed by atoms with Gasteiger partial charge in [0.15, 0.2) is 0 Å². The number of carbonyl (C=O) groups excluding carboxylic acids is 1. The maximum Gasteiger partial charge on any atom is 0.232 e. The van der Waals surface area contributed by atoms with Crippen LogP contribution in [0, 0.1) is 0 Å². The molecule has 1 unspecified atom stereocenters. The van der Waals surface area contributed by atoms with Crippen molar-refractivity contribution in [3.05, 3.63) is 35.9 Å². The van der Waals surface area contributed by atoms with Crippen LogP contribution in [0.15, 0.2) is 30.3 Å². The summed E-state index contributed by atoms with van der Waals surface area (Å²) in [6.07, 6.45) is 2.24. The summed E-state index contributed by atoms with van der Waals surface area (Å²) < 4.78 is 0. The smallest absolute Gasteiger partial charge is 0.232 e. The molecule has 1 amide bonds. The van der Waals surface area contributed by atoms with Crippen LogP contribution in [0.3, 0.4) is 0 Å². The first-order valence-electron chi connectivity index (χ1n) is 7.08. The zero-order chi connectivity index (χ0) is 13.9. The Balaban J connectivity index is 2.14. The second-order valence-electron chi connectivity index (χ2n) is 5.87. The second-order valence-corrected chi connectivity index (χ2v) is 5.87. The Morgan fingerprint density at radius 3 is 2.63 bits per heavy atom. The number of likely N-dealkylation sites (N-methyl/N-ethyl adjacent to an activating group) is 1. The number of piperidine rings is 1. The van der Waals surface area contributed by atoms with Gasteiger partial charge in [-0.3, -0.25) is 4.79 Å². The molecule has 1 fully saturated rings. The monoisotopic (exact) mass is 260 g/mol. The molecule has 1 aliphatic rings. The first kappa shape index (κ1) is 14.1. The largest absolute Gasteiger partial charge is 0.340 e. The summed E-state index contributed by atoms with van der Waals surface area (Å²) >= 11 is 0. The molecule has 1 aromatic carbocycles. The topological polar surface area (TPSA) is 32.3 Å². The van der Waals surface area contributed by atoms with E-state index in [1.54, 1.807) is 0 Å². The summed E-state index contributed by atoms with van der Waals surface area (Å²) in [7, 11) is 1.97. The minimum absolute atomic E-state index is 0.235. The first-order valence-corrected chi connectivity index (χ1v) is 7.08. The molecule has 0 aliphatic carbocycles.